The lowest BCUT2D eigenvalue weighted by molar-refractivity contribution is -0.742. The summed E-state index contributed by atoms with van der Waals surface area (Å²) in [6.45, 7) is 0.977. The molecule has 0 heterocycles. The molecule has 0 aliphatic heterocycles. The molecule has 0 spiro atoms. The molecule has 0 amide bonds. The Kier molecular flexibility index (Phi) is 6.65. The van der Waals surface area contributed by atoms with E-state index in [9.17, 15) is 0 Å². The molecule has 15 heavy (non-hydrogen) atoms. The van der Waals surface area contributed by atoms with E-state index in [2.05, 4.69) is 5.32 Å². The van der Waals surface area contributed by atoms with Gasteiger partial charge in [-0.1, -0.05) is 12.1 Å². The van der Waals surface area contributed by atoms with Crippen molar-refractivity contribution in [3.63, 3.8) is 0 Å². The molecule has 0 aliphatic rings. The maximum absolute atomic E-state index is 8.97. The van der Waals surface area contributed by atoms with Crippen LogP contribution in [0.4, 0.5) is 0 Å². The highest BCUT2D eigenvalue weighted by atomic mass is 16.9. The second kappa shape index (κ2) is 7.57. The third-order valence-corrected chi connectivity index (χ3v) is 1.60. The highest BCUT2D eigenvalue weighted by Crippen LogP contribution is 2.09. The minimum absolute atomic E-state index is 0.332. The van der Waals surface area contributed by atoms with Crippen LogP contribution in [0.5, 0.6) is 5.75 Å². The Labute approximate surface area is 87.3 Å². The number of phenols is 1. The monoisotopic (exact) mass is 214 g/mol. The van der Waals surface area contributed by atoms with Crippen LogP contribution in [0, 0.1) is 10.1 Å². The second-order valence-corrected chi connectivity index (χ2v) is 2.76. The third kappa shape index (κ3) is 8.51. The van der Waals surface area contributed by atoms with Crippen molar-refractivity contribution in [2.24, 2.45) is 0 Å². The smallest absolute Gasteiger partial charge is 0.291 e. The van der Waals surface area contributed by atoms with Crippen molar-refractivity contribution in [1.29, 1.82) is 0 Å². The first-order chi connectivity index (χ1) is 7.06. The number of hydrogen-bond donors (Lipinski definition) is 3. The average Bonchev–Trinajstić information content (AvgIpc) is 2.16. The molecule has 1 rings (SSSR count). The maximum atomic E-state index is 8.97. The quantitative estimate of drug-likeness (QED) is 0.511. The lowest BCUT2D eigenvalue weighted by Gasteiger charge is -1.99. The van der Waals surface area contributed by atoms with Crippen LogP contribution in [0.1, 0.15) is 5.56 Å². The van der Waals surface area contributed by atoms with E-state index in [1.54, 1.807) is 12.1 Å². The van der Waals surface area contributed by atoms with Gasteiger partial charge in [-0.05, 0) is 37.7 Å². The predicted molar refractivity (Wildman–Crippen MR) is 54.5 cm³/mol. The first-order valence-electron chi connectivity index (χ1n) is 4.32. The predicted octanol–water partition coefficient (Wildman–Crippen LogP) is 0.806. The molecule has 0 atom stereocenters. The van der Waals surface area contributed by atoms with Crippen molar-refractivity contribution in [2.75, 3.05) is 13.6 Å². The van der Waals surface area contributed by atoms with Crippen LogP contribution in [0.3, 0.4) is 0 Å². The van der Waals surface area contributed by atoms with Gasteiger partial charge >= 0.3 is 0 Å². The van der Waals surface area contributed by atoms with Crippen LogP contribution in [0.25, 0.3) is 0 Å². The van der Waals surface area contributed by atoms with Gasteiger partial charge in [0.05, 0.1) is 0 Å². The van der Waals surface area contributed by atoms with Gasteiger partial charge in [0.2, 0.25) is 0 Å². The van der Waals surface area contributed by atoms with E-state index in [4.69, 9.17) is 20.4 Å². The fourth-order valence-corrected chi connectivity index (χ4v) is 0.932. The molecule has 0 fully saturated rings. The lowest BCUT2D eigenvalue weighted by atomic mass is 10.1. The number of likely N-dealkylation sites (N-methyl/N-ethyl adjacent to an activating group) is 1. The summed E-state index contributed by atoms with van der Waals surface area (Å²) in [4.78, 5) is 8.36. The molecule has 0 unspecified atom stereocenters. The zero-order valence-corrected chi connectivity index (χ0v) is 8.38. The zero-order chi connectivity index (χ0) is 11.7. The fourth-order valence-electron chi connectivity index (χ4n) is 0.932. The Morgan fingerprint density at radius 1 is 1.40 bits per heavy atom. The summed E-state index contributed by atoms with van der Waals surface area (Å²) in [5.41, 5.74) is 1.25. The van der Waals surface area contributed by atoms with Crippen molar-refractivity contribution < 1.29 is 15.4 Å². The average molecular weight is 214 g/mol. The number of rotatable bonds is 3. The number of phenolic OH excluding ortho intramolecular Hbond substituents is 1. The summed E-state index contributed by atoms with van der Waals surface area (Å²) in [7, 11) is 1.93. The summed E-state index contributed by atoms with van der Waals surface area (Å²) in [6.07, 6.45) is 1.01. The summed E-state index contributed by atoms with van der Waals surface area (Å²) in [6, 6.07) is 7.30. The molecule has 3 N–H and O–H groups in total. The third-order valence-electron chi connectivity index (χ3n) is 1.60. The van der Waals surface area contributed by atoms with E-state index >= 15 is 0 Å². The Balaban J connectivity index is 0.000000423. The van der Waals surface area contributed by atoms with Crippen LogP contribution in [0.2, 0.25) is 0 Å². The standard InChI is InChI=1S/C9H13NO.HNO3/c1-10-7-6-8-2-4-9(11)5-3-8;2-1(3)4/h2-5,10-11H,6-7H2,1H3;(H,2,3,4). The van der Waals surface area contributed by atoms with Crippen LogP contribution in [-0.4, -0.2) is 29.0 Å². The van der Waals surface area contributed by atoms with E-state index in [1.807, 2.05) is 19.2 Å². The molecule has 84 valence electrons. The van der Waals surface area contributed by atoms with E-state index in [0.29, 0.717) is 5.75 Å². The fraction of sp³-hybridized carbons (Fsp3) is 0.333. The van der Waals surface area contributed by atoms with Crippen molar-refractivity contribution in [1.82, 2.24) is 5.32 Å². The SMILES string of the molecule is CNCCc1ccc(O)cc1.O=[N+]([O-])O. The first-order valence-corrected chi connectivity index (χ1v) is 4.32. The zero-order valence-electron chi connectivity index (χ0n) is 8.38. The molecular weight excluding hydrogens is 200 g/mol. The Bertz CT molecular complexity index is 283. The largest absolute Gasteiger partial charge is 0.508 e. The molecule has 0 aromatic heterocycles. The molecule has 0 aliphatic carbocycles. The Morgan fingerprint density at radius 3 is 2.27 bits per heavy atom. The van der Waals surface area contributed by atoms with Gasteiger partial charge < -0.3 is 15.6 Å². The van der Waals surface area contributed by atoms with Crippen LogP contribution < -0.4 is 5.32 Å². The molecule has 0 bridgehead atoms. The number of benzene rings is 1. The van der Waals surface area contributed by atoms with Crippen molar-refractivity contribution in [3.8, 4) is 5.75 Å². The summed E-state index contributed by atoms with van der Waals surface area (Å²) >= 11 is 0. The van der Waals surface area contributed by atoms with Crippen LogP contribution in [-0.2, 0) is 6.42 Å². The minimum Gasteiger partial charge on any atom is -0.508 e. The van der Waals surface area contributed by atoms with Crippen molar-refractivity contribution in [2.45, 2.75) is 6.42 Å². The van der Waals surface area contributed by atoms with E-state index in [1.165, 1.54) is 5.56 Å². The van der Waals surface area contributed by atoms with Gasteiger partial charge in [-0.15, -0.1) is 10.1 Å². The van der Waals surface area contributed by atoms with Gasteiger partial charge in [-0.25, -0.2) is 0 Å². The van der Waals surface area contributed by atoms with Crippen LogP contribution in [0.15, 0.2) is 24.3 Å². The van der Waals surface area contributed by atoms with Gasteiger partial charge in [-0.2, -0.15) is 0 Å². The molecular formula is C9H14N2O4. The first kappa shape index (κ1) is 13.2. The molecule has 1 aromatic rings. The molecule has 1 aromatic carbocycles. The van der Waals surface area contributed by atoms with E-state index in [0.717, 1.165) is 13.0 Å². The number of nitrogens with zero attached hydrogens (tertiary/aromatic N) is 1. The lowest BCUT2D eigenvalue weighted by Crippen LogP contribution is -2.09. The molecule has 0 radical (unpaired) electrons. The van der Waals surface area contributed by atoms with Crippen LogP contribution >= 0.6 is 0 Å². The maximum Gasteiger partial charge on any atom is 0.291 e. The van der Waals surface area contributed by atoms with Gasteiger partial charge in [0.15, 0.2) is 0 Å². The molecule has 6 heteroatoms. The van der Waals surface area contributed by atoms with Gasteiger partial charge in [-0.3, -0.25) is 0 Å². The summed E-state index contributed by atoms with van der Waals surface area (Å²) < 4.78 is 0. The minimum atomic E-state index is -1.50. The Hall–Kier alpha value is -1.82. The van der Waals surface area contributed by atoms with Gasteiger partial charge in [0.25, 0.3) is 5.09 Å². The topological polar surface area (TPSA) is 95.6 Å². The second-order valence-electron chi connectivity index (χ2n) is 2.76. The van der Waals surface area contributed by atoms with E-state index < -0.39 is 5.09 Å². The summed E-state index contributed by atoms with van der Waals surface area (Å²) in [5.74, 6) is 0.332. The summed E-state index contributed by atoms with van der Waals surface area (Å²) in [5, 5.41) is 25.7. The van der Waals surface area contributed by atoms with Crippen molar-refractivity contribution >= 4 is 0 Å². The molecule has 0 saturated carbocycles. The normalized spacial score (nSPS) is 8.87. The van der Waals surface area contributed by atoms with E-state index in [-0.39, 0.29) is 0 Å². The highest BCUT2D eigenvalue weighted by molar-refractivity contribution is 5.25. The number of nitrogens with one attached hydrogen (secondary N) is 1. The Morgan fingerprint density at radius 2 is 1.87 bits per heavy atom. The van der Waals surface area contributed by atoms with Crippen molar-refractivity contribution in [3.05, 3.63) is 39.9 Å². The molecule has 0 saturated heterocycles. The number of hydrogen-bond acceptors (Lipinski definition) is 4. The van der Waals surface area contributed by atoms with Gasteiger partial charge in [0.1, 0.15) is 5.75 Å². The number of aromatic hydroxyl groups is 1. The molecule has 6 nitrogen and oxygen atoms in total. The van der Waals surface area contributed by atoms with Gasteiger partial charge in [0, 0.05) is 0 Å². The highest BCUT2D eigenvalue weighted by Gasteiger charge is 1.90.